The Morgan fingerprint density at radius 3 is 2.78 bits per heavy atom. The number of hydrogen-bond acceptors (Lipinski definition) is 2. The number of carbonyl (C=O) groups is 1. The van der Waals surface area contributed by atoms with Gasteiger partial charge in [0.2, 0.25) is 5.91 Å². The fourth-order valence-electron chi connectivity index (χ4n) is 3.29. The number of amides is 1. The smallest absolute Gasteiger partial charge is 0.226 e. The molecule has 1 atom stereocenters. The number of nitrogens with zero attached hydrogens (tertiary/aromatic N) is 2. The maximum atomic E-state index is 11.9. The minimum atomic E-state index is 0.140. The lowest BCUT2D eigenvalue weighted by Crippen LogP contribution is -2.27. The molecule has 1 aromatic rings. The standard InChI is InChI=1S/C14H21N3O/c1-9(2)11-7-13(18)16-14-12(11)8-15-17(14)10-5-3-4-6-10/h8-11H,3-7H2,1-2H3,(H,16,18)/t11-/m1/s1. The molecule has 0 radical (unpaired) electrons. The summed E-state index contributed by atoms with van der Waals surface area (Å²) in [4.78, 5) is 11.9. The molecule has 1 fully saturated rings. The van der Waals surface area contributed by atoms with E-state index in [0.29, 0.717) is 24.3 Å². The molecule has 1 N–H and O–H groups in total. The third-order valence-corrected chi connectivity index (χ3v) is 4.36. The SMILES string of the molecule is CC(C)[C@H]1CC(=O)Nc2c1cnn2C1CCCC1. The van der Waals surface area contributed by atoms with Crippen molar-refractivity contribution in [2.24, 2.45) is 5.92 Å². The molecular weight excluding hydrogens is 226 g/mol. The van der Waals surface area contributed by atoms with E-state index in [4.69, 9.17) is 0 Å². The van der Waals surface area contributed by atoms with Gasteiger partial charge in [-0.15, -0.1) is 0 Å². The maximum Gasteiger partial charge on any atom is 0.226 e. The van der Waals surface area contributed by atoms with Gasteiger partial charge in [0.05, 0.1) is 12.2 Å². The molecule has 2 heterocycles. The lowest BCUT2D eigenvalue weighted by molar-refractivity contribution is -0.117. The zero-order valence-electron chi connectivity index (χ0n) is 11.1. The summed E-state index contributed by atoms with van der Waals surface area (Å²) in [7, 11) is 0. The van der Waals surface area contributed by atoms with Crippen LogP contribution in [0.15, 0.2) is 6.20 Å². The monoisotopic (exact) mass is 247 g/mol. The summed E-state index contributed by atoms with van der Waals surface area (Å²) >= 11 is 0. The summed E-state index contributed by atoms with van der Waals surface area (Å²) in [6, 6.07) is 0.486. The summed E-state index contributed by atoms with van der Waals surface area (Å²) in [5.41, 5.74) is 1.23. The van der Waals surface area contributed by atoms with E-state index < -0.39 is 0 Å². The first-order valence-electron chi connectivity index (χ1n) is 7.04. The van der Waals surface area contributed by atoms with Crippen LogP contribution in [0.2, 0.25) is 0 Å². The molecule has 98 valence electrons. The predicted octanol–water partition coefficient (Wildman–Crippen LogP) is 3.08. The van der Waals surface area contributed by atoms with Crippen molar-refractivity contribution in [1.82, 2.24) is 9.78 Å². The Labute approximate surface area is 108 Å². The van der Waals surface area contributed by atoms with Crippen molar-refractivity contribution in [3.8, 4) is 0 Å². The summed E-state index contributed by atoms with van der Waals surface area (Å²) in [6.07, 6.45) is 7.51. The minimum Gasteiger partial charge on any atom is -0.311 e. The summed E-state index contributed by atoms with van der Waals surface area (Å²) in [5, 5.41) is 7.58. The van der Waals surface area contributed by atoms with E-state index in [1.165, 1.54) is 31.2 Å². The highest BCUT2D eigenvalue weighted by Crippen LogP contribution is 2.40. The second-order valence-electron chi connectivity index (χ2n) is 5.93. The van der Waals surface area contributed by atoms with Crippen LogP contribution >= 0.6 is 0 Å². The Kier molecular flexibility index (Phi) is 2.88. The molecular formula is C14H21N3O. The third-order valence-electron chi connectivity index (χ3n) is 4.36. The van der Waals surface area contributed by atoms with Gasteiger partial charge in [-0.1, -0.05) is 26.7 Å². The van der Waals surface area contributed by atoms with E-state index in [9.17, 15) is 4.79 Å². The first-order chi connectivity index (χ1) is 8.66. The molecule has 0 bridgehead atoms. The molecule has 3 rings (SSSR count). The Balaban J connectivity index is 1.98. The molecule has 1 amide bonds. The van der Waals surface area contributed by atoms with Gasteiger partial charge in [0, 0.05) is 17.9 Å². The van der Waals surface area contributed by atoms with Gasteiger partial charge in [-0.2, -0.15) is 5.10 Å². The average molecular weight is 247 g/mol. The number of hydrogen-bond donors (Lipinski definition) is 1. The van der Waals surface area contributed by atoms with Crippen LogP contribution in [0.5, 0.6) is 0 Å². The van der Waals surface area contributed by atoms with Gasteiger partial charge in [-0.05, 0) is 18.8 Å². The summed E-state index contributed by atoms with van der Waals surface area (Å²) in [5.74, 6) is 1.91. The highest BCUT2D eigenvalue weighted by molar-refractivity contribution is 5.93. The van der Waals surface area contributed by atoms with Gasteiger partial charge in [0.1, 0.15) is 5.82 Å². The van der Waals surface area contributed by atoms with E-state index >= 15 is 0 Å². The Bertz CT molecular complexity index is 444. The number of fused-ring (bicyclic) bond motifs is 1. The van der Waals surface area contributed by atoms with Crippen LogP contribution in [0.3, 0.4) is 0 Å². The summed E-state index contributed by atoms with van der Waals surface area (Å²) < 4.78 is 2.06. The molecule has 2 aliphatic rings. The van der Waals surface area contributed by atoms with Crippen molar-refractivity contribution < 1.29 is 4.79 Å². The molecule has 4 nitrogen and oxygen atoms in total. The first kappa shape index (κ1) is 11.8. The van der Waals surface area contributed by atoms with Crippen LogP contribution < -0.4 is 5.32 Å². The second-order valence-corrected chi connectivity index (χ2v) is 5.93. The van der Waals surface area contributed by atoms with E-state index in [2.05, 4.69) is 28.9 Å². The van der Waals surface area contributed by atoms with Crippen molar-refractivity contribution >= 4 is 11.7 Å². The van der Waals surface area contributed by atoms with Crippen LogP contribution in [0.1, 0.15) is 63.5 Å². The number of rotatable bonds is 2. The second kappa shape index (κ2) is 4.41. The maximum absolute atomic E-state index is 11.9. The van der Waals surface area contributed by atoms with Gasteiger partial charge in [-0.3, -0.25) is 4.79 Å². The molecule has 0 aromatic carbocycles. The van der Waals surface area contributed by atoms with Crippen LogP contribution in [-0.4, -0.2) is 15.7 Å². The summed E-state index contributed by atoms with van der Waals surface area (Å²) in [6.45, 7) is 4.36. The van der Waals surface area contributed by atoms with Crippen molar-refractivity contribution in [2.45, 2.75) is 57.9 Å². The van der Waals surface area contributed by atoms with E-state index in [0.717, 1.165) is 5.82 Å². The third kappa shape index (κ3) is 1.84. The topological polar surface area (TPSA) is 46.9 Å². The number of anilines is 1. The zero-order chi connectivity index (χ0) is 12.7. The van der Waals surface area contributed by atoms with Crippen LogP contribution in [0, 0.1) is 5.92 Å². The normalized spacial score (nSPS) is 24.4. The molecule has 1 aliphatic carbocycles. The Morgan fingerprint density at radius 1 is 1.39 bits per heavy atom. The number of aromatic nitrogens is 2. The van der Waals surface area contributed by atoms with E-state index in [1.54, 1.807) is 0 Å². The lowest BCUT2D eigenvalue weighted by atomic mass is 9.85. The molecule has 18 heavy (non-hydrogen) atoms. The van der Waals surface area contributed by atoms with Gasteiger partial charge < -0.3 is 5.32 Å². The molecule has 1 aliphatic heterocycles. The number of carbonyl (C=O) groups excluding carboxylic acids is 1. The fourth-order valence-corrected chi connectivity index (χ4v) is 3.29. The van der Waals surface area contributed by atoms with Crippen LogP contribution in [0.25, 0.3) is 0 Å². The molecule has 0 spiro atoms. The van der Waals surface area contributed by atoms with Gasteiger partial charge >= 0.3 is 0 Å². The molecule has 1 aromatic heterocycles. The molecule has 4 heteroatoms. The van der Waals surface area contributed by atoms with Gasteiger partial charge in [-0.25, -0.2) is 4.68 Å². The minimum absolute atomic E-state index is 0.140. The molecule has 0 unspecified atom stereocenters. The first-order valence-corrected chi connectivity index (χ1v) is 7.04. The van der Waals surface area contributed by atoms with E-state index in [1.807, 2.05) is 6.20 Å². The highest BCUT2D eigenvalue weighted by atomic mass is 16.1. The van der Waals surface area contributed by atoms with Gasteiger partial charge in [0.25, 0.3) is 0 Å². The zero-order valence-corrected chi connectivity index (χ0v) is 11.1. The van der Waals surface area contributed by atoms with Crippen molar-refractivity contribution in [1.29, 1.82) is 0 Å². The van der Waals surface area contributed by atoms with Crippen molar-refractivity contribution in [3.63, 3.8) is 0 Å². The fraction of sp³-hybridized carbons (Fsp3) is 0.714. The molecule has 0 saturated heterocycles. The van der Waals surface area contributed by atoms with Crippen LogP contribution in [-0.2, 0) is 4.79 Å². The van der Waals surface area contributed by atoms with E-state index in [-0.39, 0.29) is 5.91 Å². The van der Waals surface area contributed by atoms with Crippen molar-refractivity contribution in [2.75, 3.05) is 5.32 Å². The van der Waals surface area contributed by atoms with Gasteiger partial charge in [0.15, 0.2) is 0 Å². The Morgan fingerprint density at radius 2 is 2.11 bits per heavy atom. The molecule has 1 saturated carbocycles. The largest absolute Gasteiger partial charge is 0.311 e. The van der Waals surface area contributed by atoms with Crippen LogP contribution in [0.4, 0.5) is 5.82 Å². The van der Waals surface area contributed by atoms with Crippen molar-refractivity contribution in [3.05, 3.63) is 11.8 Å². The number of nitrogens with one attached hydrogen (secondary N) is 1. The lowest BCUT2D eigenvalue weighted by Gasteiger charge is -2.27. The predicted molar refractivity (Wildman–Crippen MR) is 70.6 cm³/mol. The highest BCUT2D eigenvalue weighted by Gasteiger charge is 2.32. The quantitative estimate of drug-likeness (QED) is 0.873. The Hall–Kier alpha value is -1.32. The average Bonchev–Trinajstić information content (AvgIpc) is 2.94.